The summed E-state index contributed by atoms with van der Waals surface area (Å²) in [6, 6.07) is 10.0. The lowest BCUT2D eigenvalue weighted by molar-refractivity contribution is 0.686. The van der Waals surface area contributed by atoms with Gasteiger partial charge in [0.2, 0.25) is 5.65 Å². The highest BCUT2D eigenvalue weighted by molar-refractivity contribution is 9.10. The molecule has 4 rings (SSSR count). The van der Waals surface area contributed by atoms with Crippen molar-refractivity contribution in [2.75, 3.05) is 5.73 Å². The van der Waals surface area contributed by atoms with Crippen LogP contribution in [-0.4, -0.2) is 30.2 Å². The molecule has 0 bridgehead atoms. The number of nitrogens with one attached hydrogen (secondary N) is 1. The lowest BCUT2D eigenvalue weighted by Crippen LogP contribution is -2.00. The summed E-state index contributed by atoms with van der Waals surface area (Å²) >= 11 is 3.49. The van der Waals surface area contributed by atoms with Crippen LogP contribution in [0.4, 0.5) is 5.82 Å². The molecule has 7 nitrogen and oxygen atoms in total. The van der Waals surface area contributed by atoms with E-state index in [1.165, 1.54) is 5.56 Å². The van der Waals surface area contributed by atoms with Crippen molar-refractivity contribution < 1.29 is 0 Å². The van der Waals surface area contributed by atoms with Gasteiger partial charge in [-0.3, -0.25) is 4.68 Å². The normalized spacial score (nSPS) is 11.2. The highest BCUT2D eigenvalue weighted by Crippen LogP contribution is 2.19. The Kier molecular flexibility index (Phi) is 3.73. The van der Waals surface area contributed by atoms with Gasteiger partial charge in [-0.2, -0.15) is 15.4 Å². The number of aromatic nitrogens is 6. The average Bonchev–Trinajstić information content (AvgIpc) is 3.16. The first-order valence-electron chi connectivity index (χ1n) is 7.39. The van der Waals surface area contributed by atoms with Crippen LogP contribution in [0.15, 0.2) is 47.2 Å². The van der Waals surface area contributed by atoms with Gasteiger partial charge in [0.05, 0.1) is 12.7 Å². The summed E-state index contributed by atoms with van der Waals surface area (Å²) in [6.07, 6.45) is 4.57. The number of anilines is 1. The first kappa shape index (κ1) is 14.8. The fraction of sp³-hybridized carbons (Fsp3) is 0.125. The van der Waals surface area contributed by atoms with E-state index in [4.69, 9.17) is 5.73 Å². The third-order valence-corrected chi connectivity index (χ3v) is 4.20. The Bertz CT molecular complexity index is 1000. The maximum absolute atomic E-state index is 5.84. The van der Waals surface area contributed by atoms with Gasteiger partial charge in [0.1, 0.15) is 11.3 Å². The minimum absolute atomic E-state index is 0.438. The standard InChI is InChI=1S/C16H14BrN7/c17-13-3-1-2-10(5-13)8-24-9-11(7-19-24)4-12-6-14(18)20-16-15(12)21-23-22-16/h1-3,5-7,9H,4,8H2,(H3,18,20,21,22,23). The minimum atomic E-state index is 0.438. The van der Waals surface area contributed by atoms with E-state index in [-0.39, 0.29) is 0 Å². The van der Waals surface area contributed by atoms with Gasteiger partial charge in [-0.25, -0.2) is 4.98 Å². The monoisotopic (exact) mass is 383 g/mol. The van der Waals surface area contributed by atoms with Crippen LogP contribution in [0.5, 0.6) is 0 Å². The molecule has 0 unspecified atom stereocenters. The van der Waals surface area contributed by atoms with Crippen LogP contribution in [-0.2, 0) is 13.0 Å². The molecule has 0 aliphatic heterocycles. The van der Waals surface area contributed by atoms with Gasteiger partial charge < -0.3 is 5.73 Å². The van der Waals surface area contributed by atoms with E-state index in [2.05, 4.69) is 53.6 Å². The zero-order valence-corrected chi connectivity index (χ0v) is 14.2. The fourth-order valence-electron chi connectivity index (χ4n) is 2.68. The van der Waals surface area contributed by atoms with Crippen LogP contribution in [0.2, 0.25) is 0 Å². The van der Waals surface area contributed by atoms with E-state index in [9.17, 15) is 0 Å². The molecule has 0 atom stereocenters. The third-order valence-electron chi connectivity index (χ3n) is 3.71. The summed E-state index contributed by atoms with van der Waals surface area (Å²) in [5.41, 5.74) is 10.4. The number of rotatable bonds is 4. The molecule has 1 aromatic carbocycles. The fourth-order valence-corrected chi connectivity index (χ4v) is 3.13. The molecule has 0 aliphatic carbocycles. The molecule has 0 saturated carbocycles. The predicted molar refractivity (Wildman–Crippen MR) is 94.4 cm³/mol. The molecular weight excluding hydrogens is 370 g/mol. The summed E-state index contributed by atoms with van der Waals surface area (Å²) in [4.78, 5) is 4.15. The van der Waals surface area contributed by atoms with Crippen molar-refractivity contribution in [1.29, 1.82) is 0 Å². The van der Waals surface area contributed by atoms with E-state index in [0.717, 1.165) is 27.7 Å². The maximum Gasteiger partial charge on any atom is 0.203 e. The summed E-state index contributed by atoms with van der Waals surface area (Å²) in [7, 11) is 0. The Balaban J connectivity index is 1.57. The van der Waals surface area contributed by atoms with Crippen molar-refractivity contribution in [2.24, 2.45) is 0 Å². The lowest BCUT2D eigenvalue weighted by Gasteiger charge is -2.03. The number of benzene rings is 1. The first-order chi connectivity index (χ1) is 11.7. The van der Waals surface area contributed by atoms with Crippen LogP contribution in [0, 0.1) is 0 Å². The smallest absolute Gasteiger partial charge is 0.203 e. The van der Waals surface area contributed by atoms with Crippen LogP contribution in [0.1, 0.15) is 16.7 Å². The number of fused-ring (bicyclic) bond motifs is 1. The molecule has 24 heavy (non-hydrogen) atoms. The minimum Gasteiger partial charge on any atom is -0.384 e. The maximum atomic E-state index is 5.84. The Morgan fingerprint density at radius 3 is 2.96 bits per heavy atom. The van der Waals surface area contributed by atoms with Gasteiger partial charge in [-0.1, -0.05) is 28.1 Å². The molecule has 0 radical (unpaired) electrons. The van der Waals surface area contributed by atoms with Crippen molar-refractivity contribution >= 4 is 32.9 Å². The predicted octanol–water partition coefficient (Wildman–Crippen LogP) is 2.53. The molecule has 3 aromatic heterocycles. The molecule has 8 heteroatoms. The quantitative estimate of drug-likeness (QED) is 0.564. The Labute approximate surface area is 146 Å². The Morgan fingerprint density at radius 2 is 2.08 bits per heavy atom. The first-order valence-corrected chi connectivity index (χ1v) is 8.18. The number of hydrogen-bond acceptors (Lipinski definition) is 5. The number of pyridine rings is 1. The molecule has 0 spiro atoms. The largest absolute Gasteiger partial charge is 0.384 e. The van der Waals surface area contributed by atoms with Gasteiger partial charge in [0.15, 0.2) is 0 Å². The van der Waals surface area contributed by atoms with Crippen LogP contribution >= 0.6 is 15.9 Å². The highest BCUT2D eigenvalue weighted by atomic mass is 79.9. The second-order valence-electron chi connectivity index (χ2n) is 5.55. The molecule has 4 aromatic rings. The highest BCUT2D eigenvalue weighted by Gasteiger charge is 2.10. The van der Waals surface area contributed by atoms with E-state index in [0.29, 0.717) is 17.9 Å². The van der Waals surface area contributed by atoms with E-state index in [1.807, 2.05) is 35.3 Å². The van der Waals surface area contributed by atoms with Crippen LogP contribution in [0.3, 0.4) is 0 Å². The number of hydrogen-bond donors (Lipinski definition) is 2. The molecule has 0 amide bonds. The van der Waals surface area contributed by atoms with E-state index < -0.39 is 0 Å². The Hall–Kier alpha value is -2.74. The number of aromatic amines is 1. The van der Waals surface area contributed by atoms with Gasteiger partial charge in [-0.05, 0) is 34.9 Å². The second-order valence-corrected chi connectivity index (χ2v) is 6.47. The summed E-state index contributed by atoms with van der Waals surface area (Å²) in [6.45, 7) is 0.720. The zero-order chi connectivity index (χ0) is 16.5. The molecule has 0 saturated heterocycles. The Morgan fingerprint density at radius 1 is 1.17 bits per heavy atom. The summed E-state index contributed by atoms with van der Waals surface area (Å²) < 4.78 is 2.98. The summed E-state index contributed by atoms with van der Waals surface area (Å²) in [5.74, 6) is 0.438. The number of nitrogens with two attached hydrogens (primary N) is 1. The number of nitrogen functional groups attached to an aromatic ring is 1. The molecule has 3 heterocycles. The van der Waals surface area contributed by atoms with Crippen molar-refractivity contribution in [3.8, 4) is 0 Å². The molecule has 0 fully saturated rings. The van der Waals surface area contributed by atoms with E-state index >= 15 is 0 Å². The molecular formula is C16H14BrN7. The molecule has 120 valence electrons. The van der Waals surface area contributed by atoms with Crippen LogP contribution in [0.25, 0.3) is 11.2 Å². The van der Waals surface area contributed by atoms with Crippen molar-refractivity contribution in [3.05, 3.63) is 63.9 Å². The topological polar surface area (TPSA) is 98.3 Å². The van der Waals surface area contributed by atoms with E-state index in [1.54, 1.807) is 0 Å². The number of nitrogens with zero attached hydrogens (tertiary/aromatic N) is 5. The van der Waals surface area contributed by atoms with Gasteiger partial charge >= 0.3 is 0 Å². The van der Waals surface area contributed by atoms with Gasteiger partial charge in [-0.15, -0.1) is 5.10 Å². The zero-order valence-electron chi connectivity index (χ0n) is 12.6. The van der Waals surface area contributed by atoms with Crippen molar-refractivity contribution in [2.45, 2.75) is 13.0 Å². The third kappa shape index (κ3) is 3.00. The SMILES string of the molecule is Nc1cc(Cc2cnn(Cc3cccc(Br)c3)c2)c2n[nH]nc2n1. The average molecular weight is 384 g/mol. The van der Waals surface area contributed by atoms with Crippen molar-refractivity contribution in [3.63, 3.8) is 0 Å². The van der Waals surface area contributed by atoms with Crippen molar-refractivity contribution in [1.82, 2.24) is 30.2 Å². The molecule has 3 N–H and O–H groups in total. The van der Waals surface area contributed by atoms with Crippen LogP contribution < -0.4 is 5.73 Å². The summed E-state index contributed by atoms with van der Waals surface area (Å²) in [5, 5.41) is 15.2. The number of H-pyrrole nitrogens is 1. The lowest BCUT2D eigenvalue weighted by atomic mass is 10.1. The number of halogens is 1. The van der Waals surface area contributed by atoms with Gasteiger partial charge in [0.25, 0.3) is 0 Å². The molecule has 0 aliphatic rings. The van der Waals surface area contributed by atoms with Gasteiger partial charge in [0, 0.05) is 17.1 Å². The second kappa shape index (κ2) is 6.04.